The molecule has 0 bridgehead atoms. The Labute approximate surface area is 127 Å². The summed E-state index contributed by atoms with van der Waals surface area (Å²) < 4.78 is 6.24. The molecule has 0 radical (unpaired) electrons. The van der Waals surface area contributed by atoms with Crippen LogP contribution in [-0.2, 0) is 16.0 Å². The molecule has 0 fully saturated rings. The third kappa shape index (κ3) is 2.49. The highest BCUT2D eigenvalue weighted by Crippen LogP contribution is 2.37. The minimum atomic E-state index is -0.180. The van der Waals surface area contributed by atoms with Crippen LogP contribution >= 0.6 is 15.9 Å². The fourth-order valence-corrected chi connectivity index (χ4v) is 3.58. The molecule has 20 heavy (non-hydrogen) atoms. The molecule has 0 unspecified atom stereocenters. The number of carbonyl (C=O) groups excluding carboxylic acids is 1. The van der Waals surface area contributed by atoms with Gasteiger partial charge in [-0.3, -0.25) is 0 Å². The zero-order valence-corrected chi connectivity index (χ0v) is 13.2. The van der Waals surface area contributed by atoms with Gasteiger partial charge in [0.15, 0.2) is 0 Å². The number of hydrogen-bond donors (Lipinski definition) is 0. The summed E-state index contributed by atoms with van der Waals surface area (Å²) in [6, 6.07) is 4.30. The zero-order valence-electron chi connectivity index (χ0n) is 11.6. The zero-order chi connectivity index (χ0) is 14.1. The molecule has 0 N–H and O–H groups in total. The fourth-order valence-electron chi connectivity index (χ4n) is 3.06. The van der Waals surface area contributed by atoms with E-state index in [0.717, 1.165) is 41.5 Å². The van der Waals surface area contributed by atoms with Crippen molar-refractivity contribution in [2.75, 3.05) is 24.6 Å². The van der Waals surface area contributed by atoms with Crippen LogP contribution in [0.25, 0.3) is 6.08 Å². The number of nitrogens with zero attached hydrogens (tertiary/aromatic N) is 1. The van der Waals surface area contributed by atoms with E-state index in [2.05, 4.69) is 33.0 Å². The normalized spacial score (nSPS) is 17.1. The molecule has 106 valence electrons. The first-order valence-corrected chi connectivity index (χ1v) is 7.93. The SMILES string of the molecule is CCOC(=O)C1=Cc2cc(Br)cc3c2N(CCC3)CC1. The largest absolute Gasteiger partial charge is 0.463 e. The lowest BCUT2D eigenvalue weighted by Gasteiger charge is -2.31. The number of benzene rings is 1. The van der Waals surface area contributed by atoms with Gasteiger partial charge in [0.2, 0.25) is 0 Å². The highest BCUT2D eigenvalue weighted by molar-refractivity contribution is 9.10. The van der Waals surface area contributed by atoms with E-state index in [9.17, 15) is 4.79 Å². The molecule has 0 atom stereocenters. The lowest BCUT2D eigenvalue weighted by atomic mass is 9.98. The number of ether oxygens (including phenoxy) is 1. The number of halogens is 1. The van der Waals surface area contributed by atoms with Crippen LogP contribution < -0.4 is 4.90 Å². The van der Waals surface area contributed by atoms with Crippen LogP contribution in [0.1, 0.15) is 30.9 Å². The van der Waals surface area contributed by atoms with Crippen LogP contribution in [0.2, 0.25) is 0 Å². The number of aryl methyl sites for hydroxylation is 1. The summed E-state index contributed by atoms with van der Waals surface area (Å²) >= 11 is 3.58. The molecule has 0 saturated carbocycles. The summed E-state index contributed by atoms with van der Waals surface area (Å²) in [5.74, 6) is -0.180. The number of carbonyl (C=O) groups is 1. The molecule has 0 saturated heterocycles. The number of hydrogen-bond acceptors (Lipinski definition) is 3. The molecule has 2 heterocycles. The maximum atomic E-state index is 12.0. The van der Waals surface area contributed by atoms with E-state index in [1.807, 2.05) is 13.0 Å². The fraction of sp³-hybridized carbons (Fsp3) is 0.438. The topological polar surface area (TPSA) is 29.5 Å². The Morgan fingerprint density at radius 1 is 1.35 bits per heavy atom. The molecule has 2 aliphatic rings. The second-order valence-electron chi connectivity index (χ2n) is 5.23. The van der Waals surface area contributed by atoms with Crippen LogP contribution in [0.4, 0.5) is 5.69 Å². The van der Waals surface area contributed by atoms with Gasteiger partial charge in [0.25, 0.3) is 0 Å². The molecular formula is C16H18BrNO2. The van der Waals surface area contributed by atoms with E-state index >= 15 is 0 Å². The van der Waals surface area contributed by atoms with Gasteiger partial charge in [0.1, 0.15) is 0 Å². The first-order valence-electron chi connectivity index (χ1n) is 7.14. The number of esters is 1. The molecule has 0 aliphatic carbocycles. The monoisotopic (exact) mass is 335 g/mol. The minimum absolute atomic E-state index is 0.180. The molecule has 3 nitrogen and oxygen atoms in total. The van der Waals surface area contributed by atoms with E-state index in [1.165, 1.54) is 17.7 Å². The van der Waals surface area contributed by atoms with Crippen molar-refractivity contribution in [2.45, 2.75) is 26.2 Å². The average molecular weight is 336 g/mol. The quantitative estimate of drug-likeness (QED) is 0.774. The van der Waals surface area contributed by atoms with E-state index in [-0.39, 0.29) is 5.97 Å². The summed E-state index contributed by atoms with van der Waals surface area (Å²) in [5.41, 5.74) is 4.59. The number of anilines is 1. The van der Waals surface area contributed by atoms with Crippen molar-refractivity contribution in [3.63, 3.8) is 0 Å². The molecule has 3 rings (SSSR count). The van der Waals surface area contributed by atoms with Crippen LogP contribution in [-0.4, -0.2) is 25.7 Å². The van der Waals surface area contributed by atoms with E-state index < -0.39 is 0 Å². The minimum Gasteiger partial charge on any atom is -0.463 e. The summed E-state index contributed by atoms with van der Waals surface area (Å²) in [4.78, 5) is 14.4. The van der Waals surface area contributed by atoms with E-state index in [0.29, 0.717) is 6.61 Å². The lowest BCUT2D eigenvalue weighted by Crippen LogP contribution is -2.30. The van der Waals surface area contributed by atoms with Crippen LogP contribution in [0.15, 0.2) is 22.2 Å². The van der Waals surface area contributed by atoms with Gasteiger partial charge in [0.05, 0.1) is 6.61 Å². The maximum absolute atomic E-state index is 12.0. The average Bonchev–Trinajstić information content (AvgIpc) is 2.60. The Kier molecular flexibility index (Phi) is 3.83. The van der Waals surface area contributed by atoms with Crippen molar-refractivity contribution in [2.24, 2.45) is 0 Å². The maximum Gasteiger partial charge on any atom is 0.334 e. The van der Waals surface area contributed by atoms with Crippen molar-refractivity contribution in [3.05, 3.63) is 33.3 Å². The summed E-state index contributed by atoms with van der Waals surface area (Å²) in [6.07, 6.45) is 5.05. The first-order chi connectivity index (χ1) is 9.69. The van der Waals surface area contributed by atoms with Crippen molar-refractivity contribution in [3.8, 4) is 0 Å². The molecule has 1 aromatic carbocycles. The lowest BCUT2D eigenvalue weighted by molar-refractivity contribution is -0.138. The second kappa shape index (κ2) is 5.60. The van der Waals surface area contributed by atoms with Crippen LogP contribution in [0.5, 0.6) is 0 Å². The molecular weight excluding hydrogens is 318 g/mol. The Morgan fingerprint density at radius 2 is 2.20 bits per heavy atom. The predicted molar refractivity (Wildman–Crippen MR) is 83.9 cm³/mol. The van der Waals surface area contributed by atoms with Gasteiger partial charge in [0, 0.05) is 28.8 Å². The van der Waals surface area contributed by atoms with Gasteiger partial charge in [-0.1, -0.05) is 15.9 Å². The molecule has 4 heteroatoms. The third-order valence-corrected chi connectivity index (χ3v) is 4.35. The number of rotatable bonds is 2. The molecule has 1 aromatic rings. The molecule has 0 spiro atoms. The van der Waals surface area contributed by atoms with Crippen molar-refractivity contribution in [1.82, 2.24) is 0 Å². The van der Waals surface area contributed by atoms with Gasteiger partial charge in [-0.2, -0.15) is 0 Å². The standard InChI is InChI=1S/C16H18BrNO2/c1-2-20-16(19)12-5-7-18-6-3-4-11-9-14(17)10-13(8-12)15(11)18/h8-10H,2-7H2,1H3. The molecule has 0 aromatic heterocycles. The Balaban J connectivity index is 2.06. The van der Waals surface area contributed by atoms with E-state index in [1.54, 1.807) is 0 Å². The first kappa shape index (κ1) is 13.7. The third-order valence-electron chi connectivity index (χ3n) is 3.89. The van der Waals surface area contributed by atoms with Crippen LogP contribution in [0, 0.1) is 0 Å². The van der Waals surface area contributed by atoms with Gasteiger partial charge in [-0.25, -0.2) is 4.79 Å². The van der Waals surface area contributed by atoms with Crippen molar-refractivity contribution >= 4 is 33.7 Å². The smallest absolute Gasteiger partial charge is 0.334 e. The summed E-state index contributed by atoms with van der Waals surface area (Å²) in [5, 5.41) is 0. The van der Waals surface area contributed by atoms with Gasteiger partial charge >= 0.3 is 5.97 Å². The van der Waals surface area contributed by atoms with Crippen molar-refractivity contribution < 1.29 is 9.53 Å². The molecule has 2 aliphatic heterocycles. The molecule has 0 amide bonds. The van der Waals surface area contributed by atoms with Gasteiger partial charge in [-0.05, 0) is 55.5 Å². The predicted octanol–water partition coefficient (Wildman–Crippen LogP) is 3.55. The second-order valence-corrected chi connectivity index (χ2v) is 6.15. The van der Waals surface area contributed by atoms with Crippen molar-refractivity contribution in [1.29, 1.82) is 0 Å². The van der Waals surface area contributed by atoms with Gasteiger partial charge in [-0.15, -0.1) is 0 Å². The van der Waals surface area contributed by atoms with Gasteiger partial charge < -0.3 is 9.64 Å². The highest BCUT2D eigenvalue weighted by Gasteiger charge is 2.25. The summed E-state index contributed by atoms with van der Waals surface area (Å²) in [7, 11) is 0. The van der Waals surface area contributed by atoms with E-state index in [4.69, 9.17) is 4.74 Å². The highest BCUT2D eigenvalue weighted by atomic mass is 79.9. The van der Waals surface area contributed by atoms with Crippen LogP contribution in [0.3, 0.4) is 0 Å². The summed E-state index contributed by atoms with van der Waals surface area (Å²) in [6.45, 7) is 4.24. The Morgan fingerprint density at radius 3 is 3.00 bits per heavy atom. The Hall–Kier alpha value is -1.29. The Bertz CT molecular complexity index is 580.